The number of benzene rings is 2. The van der Waals surface area contributed by atoms with Crippen molar-refractivity contribution < 1.29 is 4.39 Å². The minimum Gasteiger partial charge on any atom is -0.206 e. The molecule has 0 radical (unpaired) electrons. The fourth-order valence-electron chi connectivity index (χ4n) is 1.41. The van der Waals surface area contributed by atoms with Gasteiger partial charge in [-0.3, -0.25) is 0 Å². The van der Waals surface area contributed by atoms with Crippen LogP contribution < -0.4 is 0 Å². The standard InChI is InChI=1S/C14H10ClF/c15-13-9-5-4-8-12(13)10-14(16)11-6-2-1-3-7-11/h1-10H/b14-10-. The average molecular weight is 233 g/mol. The lowest BCUT2D eigenvalue weighted by Gasteiger charge is -1.99. The molecule has 0 aliphatic rings. The Morgan fingerprint density at radius 2 is 1.56 bits per heavy atom. The van der Waals surface area contributed by atoms with Crippen LogP contribution in [0.15, 0.2) is 54.6 Å². The van der Waals surface area contributed by atoms with Gasteiger partial charge in [-0.2, -0.15) is 0 Å². The van der Waals surface area contributed by atoms with Crippen LogP contribution in [0.4, 0.5) is 4.39 Å². The minimum atomic E-state index is -0.284. The molecule has 0 fully saturated rings. The maximum atomic E-state index is 13.8. The lowest BCUT2D eigenvalue weighted by Crippen LogP contribution is -1.78. The van der Waals surface area contributed by atoms with Crippen molar-refractivity contribution >= 4 is 23.5 Å². The van der Waals surface area contributed by atoms with Crippen LogP contribution in [0.2, 0.25) is 5.02 Å². The zero-order valence-corrected chi connectivity index (χ0v) is 9.29. The van der Waals surface area contributed by atoms with Crippen molar-refractivity contribution in [2.24, 2.45) is 0 Å². The number of hydrogen-bond acceptors (Lipinski definition) is 0. The van der Waals surface area contributed by atoms with E-state index in [9.17, 15) is 4.39 Å². The summed E-state index contributed by atoms with van der Waals surface area (Å²) in [6, 6.07) is 16.1. The highest BCUT2D eigenvalue weighted by Gasteiger charge is 2.01. The van der Waals surface area contributed by atoms with Crippen molar-refractivity contribution in [3.8, 4) is 0 Å². The van der Waals surface area contributed by atoms with Gasteiger partial charge in [-0.15, -0.1) is 0 Å². The molecule has 0 heterocycles. The molecule has 0 aliphatic carbocycles. The van der Waals surface area contributed by atoms with Gasteiger partial charge in [0.15, 0.2) is 0 Å². The molecule has 16 heavy (non-hydrogen) atoms. The second kappa shape index (κ2) is 4.95. The highest BCUT2D eigenvalue weighted by Crippen LogP contribution is 2.23. The Labute approximate surface area is 99.0 Å². The van der Waals surface area contributed by atoms with Crippen LogP contribution in [0.1, 0.15) is 11.1 Å². The Morgan fingerprint density at radius 1 is 0.938 bits per heavy atom. The van der Waals surface area contributed by atoms with E-state index in [-0.39, 0.29) is 5.83 Å². The Kier molecular flexibility index (Phi) is 3.37. The Balaban J connectivity index is 2.36. The van der Waals surface area contributed by atoms with E-state index in [2.05, 4.69) is 0 Å². The first-order valence-corrected chi connectivity index (χ1v) is 5.32. The molecule has 0 N–H and O–H groups in total. The van der Waals surface area contributed by atoms with Crippen LogP contribution in [-0.4, -0.2) is 0 Å². The number of rotatable bonds is 2. The van der Waals surface area contributed by atoms with Gasteiger partial charge in [-0.05, 0) is 17.7 Å². The highest BCUT2D eigenvalue weighted by molar-refractivity contribution is 6.32. The quantitative estimate of drug-likeness (QED) is 0.652. The van der Waals surface area contributed by atoms with E-state index in [0.717, 1.165) is 0 Å². The summed E-state index contributed by atoms with van der Waals surface area (Å²) < 4.78 is 13.8. The van der Waals surface area contributed by atoms with E-state index in [1.807, 2.05) is 18.2 Å². The van der Waals surface area contributed by atoms with Crippen molar-refractivity contribution in [1.82, 2.24) is 0 Å². The molecule has 0 aromatic heterocycles. The summed E-state index contributed by atoms with van der Waals surface area (Å²) in [5, 5.41) is 0.550. The van der Waals surface area contributed by atoms with Crippen LogP contribution >= 0.6 is 11.6 Å². The molecule has 80 valence electrons. The zero-order valence-electron chi connectivity index (χ0n) is 8.53. The Bertz CT molecular complexity index is 503. The molecule has 0 saturated heterocycles. The molecule has 0 bridgehead atoms. The fraction of sp³-hybridized carbons (Fsp3) is 0. The van der Waals surface area contributed by atoms with Gasteiger partial charge in [0.25, 0.3) is 0 Å². The smallest absolute Gasteiger partial charge is 0.131 e. The molecule has 0 nitrogen and oxygen atoms in total. The summed E-state index contributed by atoms with van der Waals surface area (Å²) in [6.45, 7) is 0. The van der Waals surface area contributed by atoms with E-state index in [0.29, 0.717) is 16.1 Å². The van der Waals surface area contributed by atoms with E-state index >= 15 is 0 Å². The largest absolute Gasteiger partial charge is 0.206 e. The molecule has 2 aromatic carbocycles. The third kappa shape index (κ3) is 2.50. The summed E-state index contributed by atoms with van der Waals surface area (Å²) in [6.07, 6.45) is 1.44. The van der Waals surface area contributed by atoms with Crippen molar-refractivity contribution in [3.05, 3.63) is 70.7 Å². The SMILES string of the molecule is F/C(=C\c1ccccc1Cl)c1ccccc1. The fourth-order valence-corrected chi connectivity index (χ4v) is 1.60. The normalized spacial score (nSPS) is 11.5. The van der Waals surface area contributed by atoms with Gasteiger partial charge < -0.3 is 0 Å². The van der Waals surface area contributed by atoms with Gasteiger partial charge in [0.1, 0.15) is 5.83 Å². The van der Waals surface area contributed by atoms with Gasteiger partial charge in [-0.1, -0.05) is 60.1 Å². The summed E-state index contributed by atoms with van der Waals surface area (Å²) in [4.78, 5) is 0. The second-order valence-electron chi connectivity index (χ2n) is 3.38. The highest BCUT2D eigenvalue weighted by atomic mass is 35.5. The first-order chi connectivity index (χ1) is 7.77. The van der Waals surface area contributed by atoms with Crippen LogP contribution in [0.3, 0.4) is 0 Å². The minimum absolute atomic E-state index is 0.284. The van der Waals surface area contributed by atoms with E-state index in [4.69, 9.17) is 11.6 Å². The lowest BCUT2D eigenvalue weighted by atomic mass is 10.1. The van der Waals surface area contributed by atoms with Crippen molar-refractivity contribution in [2.45, 2.75) is 0 Å². The summed E-state index contributed by atoms with van der Waals surface area (Å²) in [7, 11) is 0. The molecule has 0 amide bonds. The van der Waals surface area contributed by atoms with Crippen LogP contribution in [0.5, 0.6) is 0 Å². The molecule has 2 heteroatoms. The van der Waals surface area contributed by atoms with Crippen LogP contribution in [-0.2, 0) is 0 Å². The predicted molar refractivity (Wildman–Crippen MR) is 66.9 cm³/mol. The second-order valence-corrected chi connectivity index (χ2v) is 3.79. The van der Waals surface area contributed by atoms with Gasteiger partial charge in [0, 0.05) is 10.6 Å². The maximum absolute atomic E-state index is 13.8. The zero-order chi connectivity index (χ0) is 11.4. The summed E-state index contributed by atoms with van der Waals surface area (Å²) in [5.41, 5.74) is 1.24. The first-order valence-electron chi connectivity index (χ1n) is 4.94. The molecular weight excluding hydrogens is 223 g/mol. The molecule has 0 atom stereocenters. The van der Waals surface area contributed by atoms with Gasteiger partial charge in [0.05, 0.1) is 0 Å². The van der Waals surface area contributed by atoms with Gasteiger partial charge in [0.2, 0.25) is 0 Å². The van der Waals surface area contributed by atoms with Crippen molar-refractivity contribution in [2.75, 3.05) is 0 Å². The Morgan fingerprint density at radius 3 is 2.25 bits per heavy atom. The third-order valence-electron chi connectivity index (χ3n) is 2.24. The van der Waals surface area contributed by atoms with E-state index in [1.165, 1.54) is 6.08 Å². The molecule has 2 aromatic rings. The van der Waals surface area contributed by atoms with Crippen LogP contribution in [0, 0.1) is 0 Å². The van der Waals surface area contributed by atoms with Gasteiger partial charge >= 0.3 is 0 Å². The maximum Gasteiger partial charge on any atom is 0.131 e. The molecular formula is C14H10ClF. The van der Waals surface area contributed by atoms with Crippen LogP contribution in [0.25, 0.3) is 11.9 Å². The lowest BCUT2D eigenvalue weighted by molar-refractivity contribution is 0.765. The molecule has 0 aliphatic heterocycles. The molecule has 0 saturated carbocycles. The summed E-state index contributed by atoms with van der Waals surface area (Å²) >= 11 is 5.94. The summed E-state index contributed by atoms with van der Waals surface area (Å²) in [5.74, 6) is -0.284. The van der Waals surface area contributed by atoms with Crippen molar-refractivity contribution in [1.29, 1.82) is 0 Å². The van der Waals surface area contributed by atoms with Gasteiger partial charge in [-0.25, -0.2) is 4.39 Å². The topological polar surface area (TPSA) is 0 Å². The first kappa shape index (κ1) is 10.9. The number of halogens is 2. The number of hydrogen-bond donors (Lipinski definition) is 0. The average Bonchev–Trinajstić information content (AvgIpc) is 2.33. The van der Waals surface area contributed by atoms with E-state index < -0.39 is 0 Å². The predicted octanol–water partition coefficient (Wildman–Crippen LogP) is 4.81. The molecule has 2 rings (SSSR count). The monoisotopic (exact) mass is 232 g/mol. The molecule has 0 spiro atoms. The third-order valence-corrected chi connectivity index (χ3v) is 2.58. The van der Waals surface area contributed by atoms with Crippen molar-refractivity contribution in [3.63, 3.8) is 0 Å². The molecule has 0 unspecified atom stereocenters. The Hall–Kier alpha value is -1.60. The van der Waals surface area contributed by atoms with E-state index in [1.54, 1.807) is 36.4 Å².